The van der Waals surface area contributed by atoms with Crippen LogP contribution in [0.15, 0.2) is 24.3 Å². The molecule has 11 heteroatoms. The number of nitrogens with zero attached hydrogens (tertiary/aromatic N) is 3. The van der Waals surface area contributed by atoms with Crippen LogP contribution in [0.5, 0.6) is 0 Å². The summed E-state index contributed by atoms with van der Waals surface area (Å²) in [5, 5.41) is 18.4. The Bertz CT molecular complexity index is 838. The summed E-state index contributed by atoms with van der Waals surface area (Å²) in [6.45, 7) is 6.80. The van der Waals surface area contributed by atoms with Gasteiger partial charge in [-0.2, -0.15) is 0 Å². The lowest BCUT2D eigenvalue weighted by Gasteiger charge is -2.34. The maximum absolute atomic E-state index is 12.3. The van der Waals surface area contributed by atoms with E-state index in [9.17, 15) is 14.4 Å². The number of anilines is 1. The molecule has 3 rings (SSSR count). The van der Waals surface area contributed by atoms with Crippen LogP contribution in [-0.2, 0) is 14.3 Å². The fourth-order valence-corrected chi connectivity index (χ4v) is 3.68. The van der Waals surface area contributed by atoms with Crippen molar-refractivity contribution in [2.75, 3.05) is 57.3 Å². The van der Waals surface area contributed by atoms with E-state index < -0.39 is 12.2 Å². The van der Waals surface area contributed by atoms with Gasteiger partial charge >= 0.3 is 18.2 Å². The maximum Gasteiger partial charge on any atom is 0.414 e. The number of carboxylic acid groups (broad SMARTS) is 1. The SMILES string of the molecule is CCCOC(=O)CN1CCN(C[C@@H]2CN(c3ccc(C(=N)NC(=O)O)cc3)C(=O)O2)CC1. The van der Waals surface area contributed by atoms with Crippen LogP contribution in [0.25, 0.3) is 0 Å². The first kappa shape index (κ1) is 23.5. The molecule has 0 aliphatic carbocycles. The minimum absolute atomic E-state index is 0.194. The third-order valence-corrected chi connectivity index (χ3v) is 5.32. The number of piperazine rings is 1. The van der Waals surface area contributed by atoms with Crippen LogP contribution in [0.2, 0.25) is 0 Å². The van der Waals surface area contributed by atoms with Gasteiger partial charge < -0.3 is 14.6 Å². The van der Waals surface area contributed by atoms with Crippen LogP contribution >= 0.6 is 0 Å². The van der Waals surface area contributed by atoms with E-state index in [2.05, 4.69) is 9.80 Å². The molecule has 2 saturated heterocycles. The molecular weight excluding hydrogens is 418 g/mol. The molecule has 3 N–H and O–H groups in total. The molecule has 0 bridgehead atoms. The number of cyclic esters (lactones) is 1. The fraction of sp³-hybridized carbons (Fsp3) is 0.524. The van der Waals surface area contributed by atoms with Crippen molar-refractivity contribution >= 4 is 29.7 Å². The van der Waals surface area contributed by atoms with Crippen molar-refractivity contribution in [2.24, 2.45) is 0 Å². The molecule has 0 aromatic heterocycles. The molecular formula is C21H29N5O6. The number of amidine groups is 1. The van der Waals surface area contributed by atoms with Crippen molar-refractivity contribution in [2.45, 2.75) is 19.4 Å². The van der Waals surface area contributed by atoms with Gasteiger partial charge in [0.2, 0.25) is 0 Å². The summed E-state index contributed by atoms with van der Waals surface area (Å²) in [6.07, 6.45) is -1.19. The Labute approximate surface area is 186 Å². The lowest BCUT2D eigenvalue weighted by Crippen LogP contribution is -2.50. The molecule has 2 amide bonds. The molecule has 2 fully saturated rings. The average Bonchev–Trinajstić information content (AvgIpc) is 3.13. The molecule has 2 aliphatic heterocycles. The summed E-state index contributed by atoms with van der Waals surface area (Å²) < 4.78 is 10.7. The predicted molar refractivity (Wildman–Crippen MR) is 116 cm³/mol. The molecule has 1 atom stereocenters. The molecule has 0 saturated carbocycles. The molecule has 1 aromatic rings. The number of nitrogens with one attached hydrogen (secondary N) is 2. The zero-order valence-electron chi connectivity index (χ0n) is 18.1. The van der Waals surface area contributed by atoms with Crippen molar-refractivity contribution in [1.82, 2.24) is 15.1 Å². The second kappa shape index (κ2) is 10.9. The number of carbonyl (C=O) groups excluding carboxylic acids is 2. The number of ether oxygens (including phenoxy) is 2. The Morgan fingerprint density at radius 2 is 1.84 bits per heavy atom. The Kier molecular flexibility index (Phi) is 8.01. The lowest BCUT2D eigenvalue weighted by molar-refractivity contribution is -0.145. The number of hydrogen-bond donors (Lipinski definition) is 3. The highest BCUT2D eigenvalue weighted by Gasteiger charge is 2.34. The maximum atomic E-state index is 12.3. The van der Waals surface area contributed by atoms with Crippen LogP contribution in [0.1, 0.15) is 18.9 Å². The van der Waals surface area contributed by atoms with Crippen LogP contribution in [0.3, 0.4) is 0 Å². The number of amides is 2. The predicted octanol–water partition coefficient (Wildman–Crippen LogP) is 1.18. The van der Waals surface area contributed by atoms with Gasteiger partial charge in [0.15, 0.2) is 0 Å². The summed E-state index contributed by atoms with van der Waals surface area (Å²) >= 11 is 0. The van der Waals surface area contributed by atoms with E-state index in [0.29, 0.717) is 37.5 Å². The van der Waals surface area contributed by atoms with Crippen molar-refractivity contribution < 1.29 is 29.0 Å². The van der Waals surface area contributed by atoms with E-state index >= 15 is 0 Å². The first-order valence-corrected chi connectivity index (χ1v) is 10.6. The smallest absolute Gasteiger partial charge is 0.414 e. The van der Waals surface area contributed by atoms with E-state index in [1.165, 1.54) is 4.90 Å². The van der Waals surface area contributed by atoms with E-state index in [1.54, 1.807) is 24.3 Å². The average molecular weight is 447 g/mol. The number of carbonyl (C=O) groups is 3. The normalized spacial score (nSPS) is 19.5. The van der Waals surface area contributed by atoms with Crippen LogP contribution in [0, 0.1) is 5.41 Å². The second-order valence-corrected chi connectivity index (χ2v) is 7.77. The van der Waals surface area contributed by atoms with Gasteiger partial charge in [-0.1, -0.05) is 6.92 Å². The summed E-state index contributed by atoms with van der Waals surface area (Å²) in [5.74, 6) is -0.427. The molecule has 2 heterocycles. The largest absolute Gasteiger partial charge is 0.465 e. The third-order valence-electron chi connectivity index (χ3n) is 5.32. The van der Waals surface area contributed by atoms with Crippen molar-refractivity contribution in [1.29, 1.82) is 5.41 Å². The Morgan fingerprint density at radius 3 is 2.47 bits per heavy atom. The topological polar surface area (TPSA) is 136 Å². The molecule has 0 unspecified atom stereocenters. The molecule has 11 nitrogen and oxygen atoms in total. The van der Waals surface area contributed by atoms with Gasteiger partial charge in [-0.25, -0.2) is 9.59 Å². The highest BCUT2D eigenvalue weighted by molar-refractivity contribution is 6.04. The Hall–Kier alpha value is -3.18. The monoisotopic (exact) mass is 447 g/mol. The molecule has 0 radical (unpaired) electrons. The first-order chi connectivity index (χ1) is 15.4. The highest BCUT2D eigenvalue weighted by Crippen LogP contribution is 2.23. The van der Waals surface area contributed by atoms with E-state index in [-0.39, 0.29) is 17.9 Å². The van der Waals surface area contributed by atoms with Gasteiger partial charge in [-0.05, 0) is 30.7 Å². The Balaban J connectivity index is 1.46. The molecule has 2 aliphatic rings. The number of hydrogen-bond acceptors (Lipinski definition) is 8. The number of rotatable bonds is 8. The van der Waals surface area contributed by atoms with Gasteiger partial charge in [-0.3, -0.25) is 30.2 Å². The van der Waals surface area contributed by atoms with Crippen LogP contribution < -0.4 is 10.2 Å². The zero-order chi connectivity index (χ0) is 23.1. The van der Waals surface area contributed by atoms with Crippen molar-refractivity contribution in [3.8, 4) is 0 Å². The van der Waals surface area contributed by atoms with E-state index in [4.69, 9.17) is 20.0 Å². The fourth-order valence-electron chi connectivity index (χ4n) is 3.68. The number of esters is 1. The number of benzene rings is 1. The standard InChI is InChI=1S/C21H29N5O6/c1-2-11-31-18(27)14-25-9-7-24(8-10-25)12-17-13-26(21(30)32-17)16-5-3-15(4-6-16)19(22)23-20(28)29/h3-6,17H,2,7-14H2,1H3,(H2,22,23)(H,28,29)/t17-/m1/s1. The molecule has 0 spiro atoms. The second-order valence-electron chi connectivity index (χ2n) is 7.77. The quantitative estimate of drug-likeness (QED) is 0.307. The Morgan fingerprint density at radius 1 is 1.19 bits per heavy atom. The summed E-state index contributed by atoms with van der Waals surface area (Å²) in [6, 6.07) is 6.48. The van der Waals surface area contributed by atoms with Gasteiger partial charge in [0.25, 0.3) is 0 Å². The first-order valence-electron chi connectivity index (χ1n) is 10.6. The third kappa shape index (κ3) is 6.41. The summed E-state index contributed by atoms with van der Waals surface area (Å²) in [4.78, 5) is 40.6. The van der Waals surface area contributed by atoms with Crippen LogP contribution in [0.4, 0.5) is 15.3 Å². The minimum Gasteiger partial charge on any atom is -0.465 e. The highest BCUT2D eigenvalue weighted by atomic mass is 16.6. The van der Waals surface area contributed by atoms with Crippen molar-refractivity contribution in [3.63, 3.8) is 0 Å². The minimum atomic E-state index is -1.30. The van der Waals surface area contributed by atoms with Gasteiger partial charge in [-0.15, -0.1) is 0 Å². The zero-order valence-corrected chi connectivity index (χ0v) is 18.1. The summed E-state index contributed by atoms with van der Waals surface area (Å²) in [7, 11) is 0. The van der Waals surface area contributed by atoms with Gasteiger partial charge in [0.05, 0.1) is 19.7 Å². The van der Waals surface area contributed by atoms with E-state index in [1.807, 2.05) is 12.2 Å². The van der Waals surface area contributed by atoms with E-state index in [0.717, 1.165) is 32.6 Å². The van der Waals surface area contributed by atoms with Crippen molar-refractivity contribution in [3.05, 3.63) is 29.8 Å². The van der Waals surface area contributed by atoms with Gasteiger partial charge in [0, 0.05) is 44.0 Å². The van der Waals surface area contributed by atoms with Crippen LogP contribution in [-0.4, -0.2) is 97.4 Å². The summed E-state index contributed by atoms with van der Waals surface area (Å²) in [5.41, 5.74) is 1.02. The molecule has 32 heavy (non-hydrogen) atoms. The lowest BCUT2D eigenvalue weighted by atomic mass is 10.1. The molecule has 174 valence electrons. The molecule has 1 aromatic carbocycles. The van der Waals surface area contributed by atoms with Gasteiger partial charge in [0.1, 0.15) is 11.9 Å².